The van der Waals surface area contributed by atoms with E-state index in [1.54, 1.807) is 0 Å². The van der Waals surface area contributed by atoms with Crippen LogP contribution in [0, 0.1) is 5.41 Å². The Balaban J connectivity index is 1.79. The molecule has 0 radical (unpaired) electrons. The van der Waals surface area contributed by atoms with E-state index in [4.69, 9.17) is 5.73 Å². The molecule has 1 aromatic heterocycles. The minimum absolute atomic E-state index is 0.0262. The maximum Gasteiger partial charge on any atom is 0.416 e. The SMILES string of the molecule is CC1(C)CN(CC(=O)Nc2cc(C(F)(F)F)ccc2-n2cncn2)CCC1N. The average Bonchev–Trinajstić information content (AvgIpc) is 3.11. The fraction of sp³-hybridized carbons (Fsp3) is 0.500. The van der Waals surface area contributed by atoms with Crippen LogP contribution >= 0.6 is 0 Å². The van der Waals surface area contributed by atoms with Crippen LogP contribution in [0.5, 0.6) is 0 Å². The van der Waals surface area contributed by atoms with Gasteiger partial charge in [-0.3, -0.25) is 9.69 Å². The second kappa shape index (κ2) is 7.51. The maximum atomic E-state index is 13.1. The number of rotatable bonds is 4. The highest BCUT2D eigenvalue weighted by molar-refractivity contribution is 5.94. The van der Waals surface area contributed by atoms with Gasteiger partial charge in [-0.1, -0.05) is 13.8 Å². The molecule has 10 heteroatoms. The van der Waals surface area contributed by atoms with Crippen molar-refractivity contribution in [2.75, 3.05) is 25.0 Å². The molecule has 1 fully saturated rings. The molecule has 0 saturated carbocycles. The molecule has 3 rings (SSSR count). The zero-order chi connectivity index (χ0) is 20.5. The molecule has 1 aromatic carbocycles. The van der Waals surface area contributed by atoms with Crippen LogP contribution in [-0.2, 0) is 11.0 Å². The molecule has 2 aromatic rings. The molecular formula is C18H23F3N6O. The van der Waals surface area contributed by atoms with Crippen LogP contribution in [-0.4, -0.2) is 51.2 Å². The molecule has 3 N–H and O–H groups in total. The van der Waals surface area contributed by atoms with E-state index in [0.29, 0.717) is 18.8 Å². The molecule has 1 aliphatic rings. The Kier molecular flexibility index (Phi) is 5.44. The Hall–Kier alpha value is -2.46. The predicted molar refractivity (Wildman–Crippen MR) is 97.8 cm³/mol. The first-order valence-corrected chi connectivity index (χ1v) is 8.90. The van der Waals surface area contributed by atoms with E-state index in [9.17, 15) is 18.0 Å². The number of nitrogens with zero attached hydrogens (tertiary/aromatic N) is 4. The third kappa shape index (κ3) is 4.50. The van der Waals surface area contributed by atoms with Gasteiger partial charge in [-0.15, -0.1) is 0 Å². The summed E-state index contributed by atoms with van der Waals surface area (Å²) in [5.41, 5.74) is 5.45. The Morgan fingerprint density at radius 1 is 1.39 bits per heavy atom. The number of anilines is 1. The second-order valence-corrected chi connectivity index (χ2v) is 7.71. The number of halogens is 3. The number of benzene rings is 1. The highest BCUT2D eigenvalue weighted by Gasteiger charge is 2.34. The normalized spacial score (nSPS) is 20.1. The van der Waals surface area contributed by atoms with Crippen molar-refractivity contribution in [2.45, 2.75) is 32.5 Å². The lowest BCUT2D eigenvalue weighted by Gasteiger charge is -2.42. The van der Waals surface area contributed by atoms with Gasteiger partial charge >= 0.3 is 6.18 Å². The zero-order valence-electron chi connectivity index (χ0n) is 15.7. The van der Waals surface area contributed by atoms with Gasteiger partial charge in [0.05, 0.1) is 23.5 Å². The van der Waals surface area contributed by atoms with Gasteiger partial charge < -0.3 is 11.1 Å². The Bertz CT molecular complexity index is 834. The summed E-state index contributed by atoms with van der Waals surface area (Å²) in [6, 6.07) is 3.16. The molecule has 0 spiro atoms. The monoisotopic (exact) mass is 396 g/mol. The summed E-state index contributed by atoms with van der Waals surface area (Å²) < 4.78 is 40.6. The molecule has 0 aliphatic carbocycles. The number of carbonyl (C=O) groups is 1. The number of alkyl halides is 3. The lowest BCUT2D eigenvalue weighted by molar-refractivity contribution is -0.137. The van der Waals surface area contributed by atoms with Gasteiger partial charge in [0, 0.05) is 19.1 Å². The van der Waals surface area contributed by atoms with Crippen molar-refractivity contribution < 1.29 is 18.0 Å². The van der Waals surface area contributed by atoms with Gasteiger partial charge in [0.1, 0.15) is 12.7 Å². The molecule has 28 heavy (non-hydrogen) atoms. The van der Waals surface area contributed by atoms with E-state index in [1.807, 2.05) is 18.7 Å². The molecule has 152 valence electrons. The lowest BCUT2D eigenvalue weighted by Crippen LogP contribution is -2.53. The fourth-order valence-electron chi connectivity index (χ4n) is 3.36. The van der Waals surface area contributed by atoms with Crippen LogP contribution < -0.4 is 11.1 Å². The summed E-state index contributed by atoms with van der Waals surface area (Å²) in [5, 5.41) is 6.53. The van der Waals surface area contributed by atoms with Gasteiger partial charge in [0.2, 0.25) is 5.91 Å². The van der Waals surface area contributed by atoms with Gasteiger partial charge in [-0.2, -0.15) is 18.3 Å². The smallest absolute Gasteiger partial charge is 0.327 e. The number of amides is 1. The average molecular weight is 396 g/mol. The van der Waals surface area contributed by atoms with Crippen molar-refractivity contribution >= 4 is 11.6 Å². The lowest BCUT2D eigenvalue weighted by atomic mass is 9.80. The fourth-order valence-corrected chi connectivity index (χ4v) is 3.36. The zero-order valence-corrected chi connectivity index (χ0v) is 15.7. The van der Waals surface area contributed by atoms with Crippen molar-refractivity contribution in [2.24, 2.45) is 11.1 Å². The molecule has 1 atom stereocenters. The highest BCUT2D eigenvalue weighted by Crippen LogP contribution is 2.33. The van der Waals surface area contributed by atoms with Crippen LogP contribution in [0.25, 0.3) is 5.69 Å². The number of piperidine rings is 1. The van der Waals surface area contributed by atoms with Gasteiger partial charge in [0.25, 0.3) is 0 Å². The second-order valence-electron chi connectivity index (χ2n) is 7.71. The topological polar surface area (TPSA) is 89.1 Å². The largest absolute Gasteiger partial charge is 0.416 e. The van der Waals surface area contributed by atoms with E-state index in [-0.39, 0.29) is 23.7 Å². The molecule has 0 bridgehead atoms. The Morgan fingerprint density at radius 3 is 2.75 bits per heavy atom. The number of hydrogen-bond acceptors (Lipinski definition) is 5. The first kappa shape index (κ1) is 20.3. The summed E-state index contributed by atoms with van der Waals surface area (Å²) in [7, 11) is 0. The van der Waals surface area contributed by atoms with E-state index >= 15 is 0 Å². The van der Waals surface area contributed by atoms with E-state index in [2.05, 4.69) is 15.4 Å². The van der Waals surface area contributed by atoms with Crippen molar-refractivity contribution in [3.8, 4) is 5.69 Å². The highest BCUT2D eigenvalue weighted by atomic mass is 19.4. The molecular weight excluding hydrogens is 373 g/mol. The van der Waals surface area contributed by atoms with Crippen molar-refractivity contribution in [3.05, 3.63) is 36.4 Å². The van der Waals surface area contributed by atoms with Crippen molar-refractivity contribution in [1.82, 2.24) is 19.7 Å². The van der Waals surface area contributed by atoms with Gasteiger partial charge in [-0.05, 0) is 30.0 Å². The molecule has 1 unspecified atom stereocenters. The van der Waals surface area contributed by atoms with Crippen molar-refractivity contribution in [3.63, 3.8) is 0 Å². The van der Waals surface area contributed by atoms with Gasteiger partial charge in [0.15, 0.2) is 0 Å². The first-order valence-electron chi connectivity index (χ1n) is 8.90. The summed E-state index contributed by atoms with van der Waals surface area (Å²) in [6.45, 7) is 5.45. The summed E-state index contributed by atoms with van der Waals surface area (Å²) >= 11 is 0. The molecule has 1 saturated heterocycles. The molecule has 7 nitrogen and oxygen atoms in total. The number of aromatic nitrogens is 3. The molecule has 1 amide bonds. The summed E-state index contributed by atoms with van der Waals surface area (Å²) in [4.78, 5) is 18.3. The number of nitrogens with one attached hydrogen (secondary N) is 1. The Morgan fingerprint density at radius 2 is 2.14 bits per heavy atom. The number of nitrogens with two attached hydrogens (primary N) is 1. The predicted octanol–water partition coefficient (Wildman–Crippen LogP) is 2.28. The first-order chi connectivity index (χ1) is 13.1. The van der Waals surface area contributed by atoms with Crippen LogP contribution in [0.4, 0.5) is 18.9 Å². The number of hydrogen-bond donors (Lipinski definition) is 2. The quantitative estimate of drug-likeness (QED) is 0.828. The van der Waals surface area contributed by atoms with Crippen LogP contribution in [0.1, 0.15) is 25.8 Å². The molecule has 1 aliphatic heterocycles. The summed E-state index contributed by atoms with van der Waals surface area (Å²) in [5.74, 6) is -0.396. The van der Waals surface area contributed by atoms with E-state index in [0.717, 1.165) is 18.6 Å². The van der Waals surface area contributed by atoms with Crippen LogP contribution in [0.2, 0.25) is 0 Å². The van der Waals surface area contributed by atoms with Gasteiger partial charge in [-0.25, -0.2) is 9.67 Å². The van der Waals surface area contributed by atoms with Crippen LogP contribution in [0.15, 0.2) is 30.9 Å². The standard InChI is InChI=1S/C18H23F3N6O/c1-17(2)9-26(6-5-15(17)22)8-16(28)25-13-7-12(18(19,20)21)3-4-14(13)27-11-23-10-24-27/h3-4,7,10-11,15H,5-6,8-9,22H2,1-2H3,(H,25,28). The third-order valence-electron chi connectivity index (χ3n) is 5.02. The number of likely N-dealkylation sites (tertiary alicyclic amines) is 1. The van der Waals surface area contributed by atoms with Crippen molar-refractivity contribution in [1.29, 1.82) is 0 Å². The maximum absolute atomic E-state index is 13.1. The minimum Gasteiger partial charge on any atom is -0.327 e. The number of carbonyl (C=O) groups excluding carboxylic acids is 1. The van der Waals surface area contributed by atoms with Crippen LogP contribution in [0.3, 0.4) is 0 Å². The summed E-state index contributed by atoms with van der Waals surface area (Å²) in [6.07, 6.45) is -1.14. The Labute approximate surface area is 160 Å². The third-order valence-corrected chi connectivity index (χ3v) is 5.02. The van der Waals surface area contributed by atoms with E-state index < -0.39 is 17.6 Å². The minimum atomic E-state index is -4.52. The van der Waals surface area contributed by atoms with E-state index in [1.165, 1.54) is 23.4 Å². The molecule has 2 heterocycles.